The minimum atomic E-state index is -0.283. The molecule has 4 unspecified atom stereocenters. The second-order valence-corrected chi connectivity index (χ2v) is 9.48. The van der Waals surface area contributed by atoms with E-state index in [0.29, 0.717) is 37.2 Å². The van der Waals surface area contributed by atoms with E-state index < -0.39 is 0 Å². The average Bonchev–Trinajstić information content (AvgIpc) is 3.17. The van der Waals surface area contributed by atoms with Crippen LogP contribution in [0.5, 0.6) is 11.5 Å². The van der Waals surface area contributed by atoms with E-state index in [1.165, 1.54) is 0 Å². The summed E-state index contributed by atoms with van der Waals surface area (Å²) >= 11 is 0. The molecule has 0 bridgehead atoms. The second-order valence-electron chi connectivity index (χ2n) is 9.48. The molecule has 1 fully saturated rings. The SMILES string of the molecule is COCCCOc1cc(CC(CC(N=NN)C2CC(C(C)C)C(=O)O2)C(C)C)ccc1OC. The van der Waals surface area contributed by atoms with E-state index in [-0.39, 0.29) is 30.0 Å². The number of nitrogens with two attached hydrogens (primary N) is 1. The molecule has 8 heteroatoms. The molecular weight excluding hydrogens is 422 g/mol. The number of methoxy groups -OCH3 is 2. The Balaban J connectivity index is 2.13. The van der Waals surface area contributed by atoms with Crippen LogP contribution in [0.25, 0.3) is 0 Å². The lowest BCUT2D eigenvalue weighted by Gasteiger charge is -2.26. The molecule has 1 aliphatic rings. The smallest absolute Gasteiger partial charge is 0.309 e. The lowest BCUT2D eigenvalue weighted by atomic mass is 9.82. The van der Waals surface area contributed by atoms with Crippen molar-refractivity contribution in [2.75, 3.05) is 27.4 Å². The van der Waals surface area contributed by atoms with Crippen molar-refractivity contribution in [3.63, 3.8) is 0 Å². The zero-order valence-corrected chi connectivity index (χ0v) is 21.0. The first-order chi connectivity index (χ1) is 15.8. The molecule has 2 rings (SSSR count). The third-order valence-corrected chi connectivity index (χ3v) is 6.47. The van der Waals surface area contributed by atoms with Gasteiger partial charge in [-0.2, -0.15) is 5.11 Å². The first-order valence-corrected chi connectivity index (χ1v) is 11.9. The minimum absolute atomic E-state index is 0.0950. The normalized spacial score (nSPS) is 20.4. The molecule has 0 aliphatic carbocycles. The van der Waals surface area contributed by atoms with Crippen LogP contribution in [0, 0.1) is 23.7 Å². The van der Waals surface area contributed by atoms with Crippen LogP contribution in [0.15, 0.2) is 28.5 Å². The molecule has 1 aromatic rings. The van der Waals surface area contributed by atoms with Gasteiger partial charge in [-0.05, 0) is 48.3 Å². The summed E-state index contributed by atoms with van der Waals surface area (Å²) < 4.78 is 22.2. The number of carbonyl (C=O) groups excluding carboxylic acids is 1. The van der Waals surface area contributed by atoms with Gasteiger partial charge in [-0.15, -0.1) is 0 Å². The number of nitrogens with zero attached hydrogens (tertiary/aromatic N) is 2. The summed E-state index contributed by atoms with van der Waals surface area (Å²) in [5.41, 5.74) is 1.16. The topological polar surface area (TPSA) is 105 Å². The van der Waals surface area contributed by atoms with Crippen molar-refractivity contribution in [1.82, 2.24) is 0 Å². The van der Waals surface area contributed by atoms with Gasteiger partial charge in [0.15, 0.2) is 11.5 Å². The fourth-order valence-corrected chi connectivity index (χ4v) is 4.32. The Bertz CT molecular complexity index is 768. The maximum Gasteiger partial charge on any atom is 0.309 e. The van der Waals surface area contributed by atoms with Crippen LogP contribution >= 0.6 is 0 Å². The third kappa shape index (κ3) is 7.88. The highest BCUT2D eigenvalue weighted by Crippen LogP contribution is 2.35. The van der Waals surface area contributed by atoms with Gasteiger partial charge in [0.05, 0.1) is 19.6 Å². The molecule has 0 radical (unpaired) electrons. The summed E-state index contributed by atoms with van der Waals surface area (Å²) in [6, 6.07) is 5.81. The number of cyclic esters (lactones) is 1. The molecule has 0 amide bonds. The van der Waals surface area contributed by atoms with Crippen molar-refractivity contribution in [2.45, 2.75) is 65.5 Å². The van der Waals surface area contributed by atoms with Gasteiger partial charge in [0.1, 0.15) is 12.1 Å². The van der Waals surface area contributed by atoms with Gasteiger partial charge in [-0.1, -0.05) is 39.0 Å². The predicted octanol–water partition coefficient (Wildman–Crippen LogP) is 4.60. The minimum Gasteiger partial charge on any atom is -0.493 e. The zero-order valence-electron chi connectivity index (χ0n) is 21.0. The molecule has 33 heavy (non-hydrogen) atoms. The summed E-state index contributed by atoms with van der Waals surface area (Å²) in [5.74, 6) is 7.57. The van der Waals surface area contributed by atoms with E-state index in [9.17, 15) is 4.79 Å². The Labute approximate surface area is 198 Å². The lowest BCUT2D eigenvalue weighted by Crippen LogP contribution is -2.29. The molecule has 0 saturated carbocycles. The summed E-state index contributed by atoms with van der Waals surface area (Å²) in [4.78, 5) is 12.3. The Morgan fingerprint density at radius 2 is 1.91 bits per heavy atom. The lowest BCUT2D eigenvalue weighted by molar-refractivity contribution is -0.146. The molecule has 4 atom stereocenters. The van der Waals surface area contributed by atoms with Gasteiger partial charge in [0.2, 0.25) is 0 Å². The van der Waals surface area contributed by atoms with Gasteiger partial charge in [0.25, 0.3) is 0 Å². The van der Waals surface area contributed by atoms with E-state index in [4.69, 9.17) is 24.8 Å². The van der Waals surface area contributed by atoms with Crippen molar-refractivity contribution < 1.29 is 23.7 Å². The van der Waals surface area contributed by atoms with Crippen LogP contribution in [-0.2, 0) is 20.7 Å². The van der Waals surface area contributed by atoms with Crippen LogP contribution in [0.1, 0.15) is 52.5 Å². The van der Waals surface area contributed by atoms with E-state index >= 15 is 0 Å². The van der Waals surface area contributed by atoms with E-state index in [1.807, 2.05) is 26.0 Å². The quantitative estimate of drug-likeness (QED) is 0.142. The summed E-state index contributed by atoms with van der Waals surface area (Å²) in [6.07, 6.45) is 2.75. The predicted molar refractivity (Wildman–Crippen MR) is 127 cm³/mol. The number of ether oxygens (including phenoxy) is 4. The summed E-state index contributed by atoms with van der Waals surface area (Å²) in [6.45, 7) is 9.70. The molecule has 0 spiro atoms. The molecule has 8 nitrogen and oxygen atoms in total. The van der Waals surface area contributed by atoms with Crippen LogP contribution in [-0.4, -0.2) is 45.5 Å². The largest absolute Gasteiger partial charge is 0.493 e. The van der Waals surface area contributed by atoms with E-state index in [1.54, 1.807) is 14.2 Å². The number of esters is 1. The summed E-state index contributed by atoms with van der Waals surface area (Å²) in [5, 5.41) is 7.84. The van der Waals surface area contributed by atoms with Gasteiger partial charge in [-0.3, -0.25) is 4.79 Å². The maximum atomic E-state index is 12.3. The highest BCUT2D eigenvalue weighted by Gasteiger charge is 2.41. The highest BCUT2D eigenvalue weighted by molar-refractivity contribution is 5.75. The number of carbonyl (C=O) groups is 1. The summed E-state index contributed by atoms with van der Waals surface area (Å²) in [7, 11) is 3.32. The van der Waals surface area contributed by atoms with Gasteiger partial charge in [-0.25, -0.2) is 0 Å². The monoisotopic (exact) mass is 463 g/mol. The molecule has 1 heterocycles. The molecule has 1 aliphatic heterocycles. The van der Waals surface area contributed by atoms with Crippen LogP contribution < -0.4 is 15.3 Å². The maximum absolute atomic E-state index is 12.3. The third-order valence-electron chi connectivity index (χ3n) is 6.47. The Kier molecular flexibility index (Phi) is 10.9. The Morgan fingerprint density at radius 1 is 1.15 bits per heavy atom. The van der Waals surface area contributed by atoms with E-state index in [0.717, 1.165) is 30.6 Å². The van der Waals surface area contributed by atoms with E-state index in [2.05, 4.69) is 30.3 Å². The van der Waals surface area contributed by atoms with Crippen molar-refractivity contribution in [2.24, 2.45) is 39.9 Å². The van der Waals surface area contributed by atoms with Gasteiger partial charge in [0, 0.05) is 26.6 Å². The number of hydrogen-bond donors (Lipinski definition) is 1. The fourth-order valence-electron chi connectivity index (χ4n) is 4.32. The van der Waals surface area contributed by atoms with Crippen molar-refractivity contribution in [3.05, 3.63) is 23.8 Å². The van der Waals surface area contributed by atoms with Gasteiger partial charge < -0.3 is 24.8 Å². The Hall–Kier alpha value is -2.35. The number of hydrogen-bond acceptors (Lipinski definition) is 7. The standard InChI is InChI=1S/C25H41N3O5/c1-16(2)19(14-21(27-28-26)23-15-20(17(3)4)25(29)33-23)12-18-8-9-22(31-6)24(13-18)32-11-7-10-30-5/h8-9,13,16-17,19-21,23H,7,10-12,14-15H2,1-6H3,(H2,26,27). The highest BCUT2D eigenvalue weighted by atomic mass is 16.6. The fraction of sp³-hybridized carbons (Fsp3) is 0.720. The molecule has 1 aromatic carbocycles. The van der Waals surface area contributed by atoms with Crippen molar-refractivity contribution >= 4 is 5.97 Å². The average molecular weight is 464 g/mol. The number of benzene rings is 1. The molecule has 186 valence electrons. The first-order valence-electron chi connectivity index (χ1n) is 11.9. The van der Waals surface area contributed by atoms with Crippen molar-refractivity contribution in [3.8, 4) is 11.5 Å². The van der Waals surface area contributed by atoms with Gasteiger partial charge >= 0.3 is 5.97 Å². The Morgan fingerprint density at radius 3 is 2.48 bits per heavy atom. The second kappa shape index (κ2) is 13.4. The number of rotatable bonds is 14. The van der Waals surface area contributed by atoms with Crippen LogP contribution in [0.3, 0.4) is 0 Å². The van der Waals surface area contributed by atoms with Crippen molar-refractivity contribution in [1.29, 1.82) is 0 Å². The zero-order chi connectivity index (χ0) is 24.4. The van der Waals surface area contributed by atoms with Crippen LogP contribution in [0.2, 0.25) is 0 Å². The molecule has 2 N–H and O–H groups in total. The molecule has 1 saturated heterocycles. The molecule has 0 aromatic heterocycles. The van der Waals surface area contributed by atoms with Crippen LogP contribution in [0.4, 0.5) is 0 Å². The first kappa shape index (κ1) is 26.9. The molecular formula is C25H41N3O5.